The zero-order valence-electron chi connectivity index (χ0n) is 17.8. The lowest BCUT2D eigenvalue weighted by molar-refractivity contribution is -0.130. The fraction of sp³-hybridized carbons (Fsp3) is 0.348. The number of methoxy groups -OCH3 is 1. The van der Waals surface area contributed by atoms with E-state index in [1.165, 1.54) is 7.11 Å². The van der Waals surface area contributed by atoms with Crippen LogP contribution in [0, 0.1) is 5.92 Å². The summed E-state index contributed by atoms with van der Waals surface area (Å²) in [6.07, 6.45) is 2.28. The van der Waals surface area contributed by atoms with E-state index in [-0.39, 0.29) is 23.0 Å². The first-order valence-electron chi connectivity index (χ1n) is 9.86. The van der Waals surface area contributed by atoms with Crippen LogP contribution in [0.2, 0.25) is 0 Å². The summed E-state index contributed by atoms with van der Waals surface area (Å²) in [6.45, 7) is 7.36. The highest BCUT2D eigenvalue weighted by Crippen LogP contribution is 2.33. The van der Waals surface area contributed by atoms with Crippen molar-refractivity contribution >= 4 is 23.6 Å². The highest BCUT2D eigenvalue weighted by Gasteiger charge is 2.50. The number of amidine groups is 1. The molecular weight excluding hydrogens is 382 g/mol. The molecule has 0 fully saturated rings. The number of pyridine rings is 1. The molecule has 30 heavy (non-hydrogen) atoms. The average Bonchev–Trinajstić information content (AvgIpc) is 3.04. The Morgan fingerprint density at radius 2 is 1.87 bits per heavy atom. The van der Waals surface area contributed by atoms with Crippen LogP contribution in [0.3, 0.4) is 0 Å². The van der Waals surface area contributed by atoms with Crippen molar-refractivity contribution in [3.63, 3.8) is 0 Å². The van der Waals surface area contributed by atoms with E-state index in [9.17, 15) is 14.4 Å². The van der Waals surface area contributed by atoms with E-state index in [2.05, 4.69) is 9.98 Å². The molecule has 0 aliphatic carbocycles. The van der Waals surface area contributed by atoms with E-state index in [0.717, 1.165) is 10.5 Å². The molecule has 2 heterocycles. The number of carbonyl (C=O) groups is 3. The van der Waals surface area contributed by atoms with Crippen LogP contribution >= 0.6 is 0 Å². The van der Waals surface area contributed by atoms with Crippen LogP contribution in [0.15, 0.2) is 47.6 Å². The summed E-state index contributed by atoms with van der Waals surface area (Å²) in [7, 11) is 1.28. The van der Waals surface area contributed by atoms with E-state index in [1.54, 1.807) is 49.5 Å². The van der Waals surface area contributed by atoms with Gasteiger partial charge in [-0.05, 0) is 43.0 Å². The number of nitrogens with zero attached hydrogens (tertiary/aromatic N) is 3. The smallest absolute Gasteiger partial charge is 0.340 e. The molecule has 0 bridgehead atoms. The van der Waals surface area contributed by atoms with Crippen molar-refractivity contribution in [1.29, 1.82) is 0 Å². The molecule has 7 nitrogen and oxygen atoms in total. The highest BCUT2D eigenvalue weighted by molar-refractivity contribution is 6.28. The number of esters is 1. The molecule has 0 spiro atoms. The summed E-state index contributed by atoms with van der Waals surface area (Å²) in [5.74, 6) is -1.68. The summed E-state index contributed by atoms with van der Waals surface area (Å²) >= 11 is 0. The van der Waals surface area contributed by atoms with E-state index >= 15 is 0 Å². The van der Waals surface area contributed by atoms with Gasteiger partial charge < -0.3 is 4.74 Å². The Bertz CT molecular complexity index is 1030. The number of carbonyl (C=O) groups excluding carboxylic acids is 3. The third-order valence-electron chi connectivity index (χ3n) is 5.50. The minimum atomic E-state index is -1.15. The molecule has 7 heteroatoms. The second-order valence-electron chi connectivity index (χ2n) is 7.63. The standard InChI is InChI=1S/C23H25N3O4/c1-6-15-12-17(21(28)30-5)18(24-13-15)19-25-23(4,14(2)3)22(29)26(19)20(27)16-10-8-7-9-11-16/h7-14H,6H2,1-5H3. The molecule has 1 aliphatic rings. The molecule has 0 saturated carbocycles. The molecule has 2 amide bonds. The van der Waals surface area contributed by atoms with Gasteiger partial charge in [0.15, 0.2) is 5.84 Å². The SMILES string of the molecule is CCc1cnc(C2=NC(C)(C(C)C)C(=O)N2C(=O)c2ccccc2)c(C(=O)OC)c1. The van der Waals surface area contributed by atoms with Gasteiger partial charge in [0, 0.05) is 11.8 Å². The lowest BCUT2D eigenvalue weighted by Gasteiger charge is -2.25. The first-order chi connectivity index (χ1) is 14.2. The van der Waals surface area contributed by atoms with Gasteiger partial charge in [-0.1, -0.05) is 39.0 Å². The third kappa shape index (κ3) is 3.51. The van der Waals surface area contributed by atoms with Crippen LogP contribution < -0.4 is 0 Å². The lowest BCUT2D eigenvalue weighted by Crippen LogP contribution is -2.47. The predicted molar refractivity (Wildman–Crippen MR) is 112 cm³/mol. The van der Waals surface area contributed by atoms with Gasteiger partial charge in [-0.15, -0.1) is 0 Å². The maximum absolute atomic E-state index is 13.4. The number of imide groups is 1. The Labute approximate surface area is 175 Å². The summed E-state index contributed by atoms with van der Waals surface area (Å²) in [6, 6.07) is 10.2. The third-order valence-corrected chi connectivity index (χ3v) is 5.50. The molecule has 1 unspecified atom stereocenters. The number of benzene rings is 1. The molecule has 1 aliphatic heterocycles. The van der Waals surface area contributed by atoms with E-state index in [0.29, 0.717) is 12.0 Å². The van der Waals surface area contributed by atoms with Gasteiger partial charge in [-0.2, -0.15) is 0 Å². The molecule has 0 N–H and O–H groups in total. The normalized spacial score (nSPS) is 18.5. The quantitative estimate of drug-likeness (QED) is 0.561. The predicted octanol–water partition coefficient (Wildman–Crippen LogP) is 3.27. The number of ether oxygens (including phenoxy) is 1. The number of aromatic nitrogens is 1. The highest BCUT2D eigenvalue weighted by atomic mass is 16.5. The molecule has 156 valence electrons. The topological polar surface area (TPSA) is 88.9 Å². The Balaban J connectivity index is 2.22. The summed E-state index contributed by atoms with van der Waals surface area (Å²) in [5, 5.41) is 0. The molecule has 0 radical (unpaired) electrons. The van der Waals surface area contributed by atoms with Gasteiger partial charge in [0.05, 0.1) is 12.7 Å². The number of amides is 2. The van der Waals surface area contributed by atoms with Crippen molar-refractivity contribution in [3.8, 4) is 0 Å². The van der Waals surface area contributed by atoms with Crippen LogP contribution in [0.4, 0.5) is 0 Å². The molecule has 2 aromatic rings. The van der Waals surface area contributed by atoms with E-state index in [4.69, 9.17) is 4.74 Å². The molecular formula is C23H25N3O4. The largest absolute Gasteiger partial charge is 0.465 e. The van der Waals surface area contributed by atoms with Gasteiger partial charge >= 0.3 is 5.97 Å². The second kappa shape index (κ2) is 8.18. The zero-order valence-corrected chi connectivity index (χ0v) is 17.8. The van der Waals surface area contributed by atoms with Crippen LogP contribution in [0.25, 0.3) is 0 Å². The Morgan fingerprint density at radius 3 is 2.43 bits per heavy atom. The molecule has 3 rings (SSSR count). The molecule has 1 aromatic heterocycles. The number of aryl methyl sites for hydroxylation is 1. The fourth-order valence-electron chi connectivity index (χ4n) is 3.22. The van der Waals surface area contributed by atoms with E-state index in [1.807, 2.05) is 20.8 Å². The van der Waals surface area contributed by atoms with Gasteiger partial charge in [-0.25, -0.2) is 14.7 Å². The van der Waals surface area contributed by atoms with Crippen molar-refractivity contribution in [2.24, 2.45) is 10.9 Å². The van der Waals surface area contributed by atoms with Crippen LogP contribution in [-0.2, 0) is 16.0 Å². The lowest BCUT2D eigenvalue weighted by atomic mass is 9.88. The van der Waals surface area contributed by atoms with Gasteiger partial charge in [0.1, 0.15) is 11.2 Å². The molecule has 0 saturated heterocycles. The maximum Gasteiger partial charge on any atom is 0.340 e. The zero-order chi connectivity index (χ0) is 22.1. The fourth-order valence-corrected chi connectivity index (χ4v) is 3.22. The Morgan fingerprint density at radius 1 is 1.20 bits per heavy atom. The van der Waals surface area contributed by atoms with Gasteiger partial charge in [0.2, 0.25) is 0 Å². The Hall–Kier alpha value is -3.35. The first kappa shape index (κ1) is 21.4. The van der Waals surface area contributed by atoms with Crippen molar-refractivity contribution in [2.75, 3.05) is 7.11 Å². The first-order valence-corrected chi connectivity index (χ1v) is 9.86. The minimum absolute atomic E-state index is 0.0631. The minimum Gasteiger partial charge on any atom is -0.465 e. The van der Waals surface area contributed by atoms with Crippen molar-refractivity contribution in [1.82, 2.24) is 9.88 Å². The van der Waals surface area contributed by atoms with Crippen LogP contribution in [0.5, 0.6) is 0 Å². The number of aliphatic imine (C=N–C) groups is 1. The monoisotopic (exact) mass is 407 g/mol. The number of hydrogen-bond donors (Lipinski definition) is 0. The van der Waals surface area contributed by atoms with Crippen molar-refractivity contribution < 1.29 is 19.1 Å². The van der Waals surface area contributed by atoms with Gasteiger partial charge in [0.25, 0.3) is 11.8 Å². The van der Waals surface area contributed by atoms with Crippen molar-refractivity contribution in [2.45, 2.75) is 39.7 Å². The second-order valence-corrected chi connectivity index (χ2v) is 7.63. The Kier molecular flexibility index (Phi) is 5.82. The van der Waals surface area contributed by atoms with Crippen molar-refractivity contribution in [3.05, 3.63) is 65.0 Å². The maximum atomic E-state index is 13.4. The van der Waals surface area contributed by atoms with Gasteiger partial charge in [-0.3, -0.25) is 14.6 Å². The number of rotatable bonds is 5. The molecule has 1 aromatic carbocycles. The molecule has 1 atom stereocenters. The number of hydrogen-bond acceptors (Lipinski definition) is 6. The summed E-state index contributed by atoms with van der Waals surface area (Å²) in [4.78, 5) is 49.2. The van der Waals surface area contributed by atoms with Crippen LogP contribution in [-0.4, -0.2) is 46.2 Å². The van der Waals surface area contributed by atoms with Crippen LogP contribution in [0.1, 0.15) is 59.7 Å². The summed E-state index contributed by atoms with van der Waals surface area (Å²) < 4.78 is 4.92. The summed E-state index contributed by atoms with van der Waals surface area (Å²) in [5.41, 5.74) is 0.342. The average molecular weight is 407 g/mol. The van der Waals surface area contributed by atoms with E-state index < -0.39 is 23.3 Å².